The summed E-state index contributed by atoms with van der Waals surface area (Å²) in [7, 11) is 0.379. The summed E-state index contributed by atoms with van der Waals surface area (Å²) in [5, 5.41) is 0. The van der Waals surface area contributed by atoms with E-state index in [1.807, 2.05) is 0 Å². The Kier molecular flexibility index (Phi) is 6.44. The van der Waals surface area contributed by atoms with Crippen LogP contribution in [0, 0.1) is 0 Å². The van der Waals surface area contributed by atoms with Crippen LogP contribution in [0.5, 0.6) is 11.5 Å². The fourth-order valence-corrected chi connectivity index (χ4v) is 4.43. The number of carbonyl (C=O) groups is 1. The standard InChI is InChI=1S/C17H23NO6S/c1-22-14-11-13(7-8-16(19)23-2)12-15(17(14)24-3)25(20,21)18-9-5-4-6-10-18/h7-8,11-12H,4-6,9-10H2,1-3H3. The van der Waals surface area contributed by atoms with E-state index in [9.17, 15) is 13.2 Å². The van der Waals surface area contributed by atoms with Crippen molar-refractivity contribution in [2.75, 3.05) is 34.4 Å². The summed E-state index contributed by atoms with van der Waals surface area (Å²) >= 11 is 0. The molecule has 1 aromatic rings. The quantitative estimate of drug-likeness (QED) is 0.564. The number of sulfonamides is 1. The third-order valence-electron chi connectivity index (χ3n) is 4.01. The maximum Gasteiger partial charge on any atom is 0.330 e. The number of nitrogens with zero attached hydrogens (tertiary/aromatic N) is 1. The van der Waals surface area contributed by atoms with Crippen molar-refractivity contribution in [3.05, 3.63) is 23.8 Å². The zero-order valence-corrected chi connectivity index (χ0v) is 15.5. The molecule has 1 aromatic carbocycles. The lowest BCUT2D eigenvalue weighted by molar-refractivity contribution is -0.134. The Bertz CT molecular complexity index is 751. The number of hydrogen-bond acceptors (Lipinski definition) is 6. The molecule has 0 unspecified atom stereocenters. The van der Waals surface area contributed by atoms with E-state index < -0.39 is 16.0 Å². The maximum absolute atomic E-state index is 13.1. The van der Waals surface area contributed by atoms with Crippen LogP contribution in [-0.2, 0) is 19.6 Å². The van der Waals surface area contributed by atoms with Gasteiger partial charge in [0, 0.05) is 19.2 Å². The number of esters is 1. The zero-order chi connectivity index (χ0) is 18.4. The summed E-state index contributed by atoms with van der Waals surface area (Å²) in [5.41, 5.74) is 0.499. The molecule has 0 atom stereocenters. The van der Waals surface area contributed by atoms with Gasteiger partial charge in [-0.3, -0.25) is 0 Å². The van der Waals surface area contributed by atoms with Gasteiger partial charge in [0.15, 0.2) is 11.5 Å². The topological polar surface area (TPSA) is 82.1 Å². The molecule has 0 amide bonds. The molecule has 1 heterocycles. The van der Waals surface area contributed by atoms with Crippen molar-refractivity contribution < 1.29 is 27.4 Å². The van der Waals surface area contributed by atoms with E-state index in [0.29, 0.717) is 18.7 Å². The molecular weight excluding hydrogens is 346 g/mol. The van der Waals surface area contributed by atoms with Gasteiger partial charge >= 0.3 is 5.97 Å². The number of ether oxygens (including phenoxy) is 3. The van der Waals surface area contributed by atoms with Crippen LogP contribution in [0.15, 0.2) is 23.1 Å². The minimum Gasteiger partial charge on any atom is -0.493 e. The first-order valence-electron chi connectivity index (χ1n) is 7.96. The highest BCUT2D eigenvalue weighted by Crippen LogP contribution is 2.38. The fourth-order valence-electron chi connectivity index (χ4n) is 2.71. The fraction of sp³-hybridized carbons (Fsp3) is 0.471. The first-order chi connectivity index (χ1) is 11.9. The van der Waals surface area contributed by atoms with Crippen LogP contribution in [0.3, 0.4) is 0 Å². The monoisotopic (exact) mass is 369 g/mol. The second-order valence-corrected chi connectivity index (χ2v) is 7.48. The summed E-state index contributed by atoms with van der Waals surface area (Å²) in [6, 6.07) is 3.08. The van der Waals surface area contributed by atoms with E-state index in [4.69, 9.17) is 9.47 Å². The minimum atomic E-state index is -3.73. The third kappa shape index (κ3) is 4.32. The predicted molar refractivity (Wildman–Crippen MR) is 93.2 cm³/mol. The Hall–Kier alpha value is -2.06. The SMILES string of the molecule is COC(=O)C=Cc1cc(OC)c(OC)c(S(=O)(=O)N2CCCCC2)c1. The molecule has 138 valence electrons. The largest absolute Gasteiger partial charge is 0.493 e. The lowest BCUT2D eigenvalue weighted by Crippen LogP contribution is -2.35. The van der Waals surface area contributed by atoms with Crippen LogP contribution in [0.25, 0.3) is 6.08 Å². The van der Waals surface area contributed by atoms with Gasteiger partial charge < -0.3 is 14.2 Å². The van der Waals surface area contributed by atoms with Gasteiger partial charge in [-0.15, -0.1) is 0 Å². The highest BCUT2D eigenvalue weighted by Gasteiger charge is 2.30. The summed E-state index contributed by atoms with van der Waals surface area (Å²) in [6.45, 7) is 0.964. The van der Waals surface area contributed by atoms with Crippen molar-refractivity contribution >= 4 is 22.1 Å². The average molecular weight is 369 g/mol. The predicted octanol–water partition coefficient (Wildman–Crippen LogP) is 2.06. The van der Waals surface area contributed by atoms with E-state index in [1.54, 1.807) is 6.07 Å². The van der Waals surface area contributed by atoms with Gasteiger partial charge in [0.05, 0.1) is 21.3 Å². The number of benzene rings is 1. The molecule has 7 nitrogen and oxygen atoms in total. The molecule has 1 aliphatic rings. The summed E-state index contributed by atoms with van der Waals surface area (Å²) in [5.74, 6) is -0.0939. The second-order valence-electron chi connectivity index (χ2n) is 5.58. The van der Waals surface area contributed by atoms with Crippen molar-refractivity contribution in [1.29, 1.82) is 0 Å². The van der Waals surface area contributed by atoms with Gasteiger partial charge in [-0.25, -0.2) is 13.2 Å². The van der Waals surface area contributed by atoms with Crippen LogP contribution in [0.2, 0.25) is 0 Å². The molecule has 1 fully saturated rings. The molecule has 1 aliphatic heterocycles. The molecule has 0 saturated carbocycles. The Balaban J connectivity index is 2.53. The van der Waals surface area contributed by atoms with Crippen LogP contribution >= 0.6 is 0 Å². The highest BCUT2D eigenvalue weighted by atomic mass is 32.2. The van der Waals surface area contributed by atoms with Gasteiger partial charge in [0.2, 0.25) is 10.0 Å². The van der Waals surface area contributed by atoms with Gasteiger partial charge in [-0.1, -0.05) is 6.42 Å². The lowest BCUT2D eigenvalue weighted by Gasteiger charge is -2.27. The van der Waals surface area contributed by atoms with Crippen molar-refractivity contribution in [3.8, 4) is 11.5 Å². The van der Waals surface area contributed by atoms with E-state index >= 15 is 0 Å². The molecular formula is C17H23NO6S. The van der Waals surface area contributed by atoms with E-state index in [2.05, 4.69) is 4.74 Å². The van der Waals surface area contributed by atoms with Crippen LogP contribution in [0.1, 0.15) is 24.8 Å². The second kappa shape index (κ2) is 8.35. The Morgan fingerprint density at radius 1 is 1.08 bits per heavy atom. The van der Waals surface area contributed by atoms with Gasteiger partial charge in [-0.2, -0.15) is 4.31 Å². The van der Waals surface area contributed by atoms with E-state index in [1.165, 1.54) is 43.9 Å². The molecule has 0 radical (unpaired) electrons. The Labute approximate surface area is 148 Å². The minimum absolute atomic E-state index is 0.0285. The number of piperidine rings is 1. The third-order valence-corrected chi connectivity index (χ3v) is 5.92. The van der Waals surface area contributed by atoms with Crippen molar-refractivity contribution in [1.82, 2.24) is 4.31 Å². The first-order valence-corrected chi connectivity index (χ1v) is 9.40. The van der Waals surface area contributed by atoms with E-state index in [-0.39, 0.29) is 16.4 Å². The van der Waals surface area contributed by atoms with Crippen LogP contribution < -0.4 is 9.47 Å². The smallest absolute Gasteiger partial charge is 0.330 e. The number of hydrogen-bond donors (Lipinski definition) is 0. The summed E-state index contributed by atoms with van der Waals surface area (Å²) in [6.07, 6.45) is 5.39. The van der Waals surface area contributed by atoms with Crippen LogP contribution in [-0.4, -0.2) is 53.1 Å². The highest BCUT2D eigenvalue weighted by molar-refractivity contribution is 7.89. The average Bonchev–Trinajstić information content (AvgIpc) is 2.65. The molecule has 25 heavy (non-hydrogen) atoms. The van der Waals surface area contributed by atoms with E-state index in [0.717, 1.165) is 19.3 Å². The molecule has 0 aromatic heterocycles. The van der Waals surface area contributed by atoms with Gasteiger partial charge in [0.25, 0.3) is 0 Å². The lowest BCUT2D eigenvalue weighted by atomic mass is 10.2. The molecule has 0 aliphatic carbocycles. The molecule has 0 bridgehead atoms. The van der Waals surface area contributed by atoms with Gasteiger partial charge in [0.1, 0.15) is 4.90 Å². The first kappa shape index (κ1) is 19.3. The summed E-state index contributed by atoms with van der Waals surface area (Å²) in [4.78, 5) is 11.3. The molecule has 8 heteroatoms. The number of methoxy groups -OCH3 is 3. The maximum atomic E-state index is 13.1. The number of rotatable bonds is 6. The zero-order valence-electron chi connectivity index (χ0n) is 14.6. The molecule has 0 N–H and O–H groups in total. The van der Waals surface area contributed by atoms with Crippen molar-refractivity contribution in [2.24, 2.45) is 0 Å². The number of carbonyl (C=O) groups excluding carboxylic acids is 1. The summed E-state index contributed by atoms with van der Waals surface area (Å²) < 4.78 is 42.7. The van der Waals surface area contributed by atoms with Crippen molar-refractivity contribution in [3.63, 3.8) is 0 Å². The molecule has 0 spiro atoms. The molecule has 2 rings (SSSR count). The molecule has 1 saturated heterocycles. The normalized spacial score (nSPS) is 16.0. The van der Waals surface area contributed by atoms with Crippen LogP contribution in [0.4, 0.5) is 0 Å². The van der Waals surface area contributed by atoms with Gasteiger partial charge in [-0.05, 0) is 36.6 Å². The Morgan fingerprint density at radius 2 is 1.76 bits per heavy atom. The van der Waals surface area contributed by atoms with Crippen molar-refractivity contribution in [2.45, 2.75) is 24.2 Å². The Morgan fingerprint density at radius 3 is 2.32 bits per heavy atom.